The summed E-state index contributed by atoms with van der Waals surface area (Å²) in [5.41, 5.74) is 6.73. The van der Waals surface area contributed by atoms with Crippen LogP contribution in [0.4, 0.5) is 0 Å². The second kappa shape index (κ2) is 5.53. The number of carbonyl (C=O) groups is 1. The van der Waals surface area contributed by atoms with Crippen molar-refractivity contribution < 1.29 is 17.9 Å². The summed E-state index contributed by atoms with van der Waals surface area (Å²) in [6.45, 7) is 1.88. The maximum atomic E-state index is 11.6. The van der Waals surface area contributed by atoms with Gasteiger partial charge in [-0.25, -0.2) is 18.7 Å². The summed E-state index contributed by atoms with van der Waals surface area (Å²) >= 11 is 0. The van der Waals surface area contributed by atoms with Crippen molar-refractivity contribution in [3.63, 3.8) is 0 Å². The van der Waals surface area contributed by atoms with Crippen molar-refractivity contribution in [1.82, 2.24) is 0 Å². The summed E-state index contributed by atoms with van der Waals surface area (Å²) in [6.07, 6.45) is 0. The van der Waals surface area contributed by atoms with Gasteiger partial charge >= 0.3 is 5.97 Å². The van der Waals surface area contributed by atoms with Gasteiger partial charge in [0, 0.05) is 0 Å². The molecule has 1 aromatic rings. The topological polar surface area (TPSA) is 96.7 Å². The summed E-state index contributed by atoms with van der Waals surface area (Å²) in [6, 6.07) is 5.49. The molecular weight excluding hydrogens is 244 g/mol. The van der Waals surface area contributed by atoms with Gasteiger partial charge < -0.3 is 4.74 Å². The highest BCUT2D eigenvalue weighted by molar-refractivity contribution is 7.91. The van der Waals surface area contributed by atoms with Gasteiger partial charge in [-0.2, -0.15) is 5.11 Å². The number of rotatable bonds is 5. The van der Waals surface area contributed by atoms with Crippen LogP contribution in [0, 0.1) is 5.53 Å². The molecule has 17 heavy (non-hydrogen) atoms. The maximum absolute atomic E-state index is 11.6. The Balaban J connectivity index is 3.09. The maximum Gasteiger partial charge on any atom is 0.338 e. The van der Waals surface area contributed by atoms with Crippen molar-refractivity contribution in [1.29, 1.82) is 5.53 Å². The van der Waals surface area contributed by atoms with Crippen LogP contribution >= 0.6 is 0 Å². The van der Waals surface area contributed by atoms with Crippen LogP contribution in [0.3, 0.4) is 0 Å². The minimum Gasteiger partial charge on any atom is -0.462 e. The Morgan fingerprint density at radius 3 is 2.76 bits per heavy atom. The molecule has 0 aliphatic carbocycles. The molecule has 1 N–H and O–H groups in total. The molecule has 0 unspecified atom stereocenters. The molecule has 0 saturated heterocycles. The van der Waals surface area contributed by atoms with Gasteiger partial charge in [0.25, 0.3) is 0 Å². The summed E-state index contributed by atoms with van der Waals surface area (Å²) in [4.78, 5) is 11.4. The van der Waals surface area contributed by atoms with Gasteiger partial charge in [-0.1, -0.05) is 6.07 Å². The highest BCUT2D eigenvalue weighted by Gasteiger charge is 2.16. The van der Waals surface area contributed by atoms with E-state index in [1.54, 1.807) is 6.92 Å². The van der Waals surface area contributed by atoms with Crippen LogP contribution < -0.4 is 0 Å². The Labute approximate surface area is 99.0 Å². The van der Waals surface area contributed by atoms with Crippen molar-refractivity contribution in [2.45, 2.75) is 11.8 Å². The van der Waals surface area contributed by atoms with Crippen molar-refractivity contribution in [2.75, 3.05) is 12.5 Å². The lowest BCUT2D eigenvalue weighted by molar-refractivity contribution is 0.0526. The smallest absolute Gasteiger partial charge is 0.338 e. The number of sulfone groups is 1. The van der Waals surface area contributed by atoms with E-state index in [0.717, 1.165) is 0 Å². The van der Waals surface area contributed by atoms with E-state index >= 15 is 0 Å². The summed E-state index contributed by atoms with van der Waals surface area (Å²) in [5, 5.41) is 2.84. The van der Waals surface area contributed by atoms with E-state index in [1.807, 2.05) is 0 Å². The molecule has 0 aliphatic heterocycles. The lowest BCUT2D eigenvalue weighted by Gasteiger charge is -2.04. The second-order valence-corrected chi connectivity index (χ2v) is 5.11. The van der Waals surface area contributed by atoms with Crippen LogP contribution in [0.2, 0.25) is 0 Å². The van der Waals surface area contributed by atoms with E-state index in [-0.39, 0.29) is 17.1 Å². The molecule has 0 fully saturated rings. The number of esters is 1. The number of hydrogen-bond acceptors (Lipinski definition) is 6. The van der Waals surface area contributed by atoms with E-state index < -0.39 is 21.7 Å². The first kappa shape index (κ1) is 13.3. The molecule has 0 radical (unpaired) electrons. The third-order valence-corrected chi connectivity index (χ3v) is 3.38. The number of carbonyl (C=O) groups excluding carboxylic acids is 1. The van der Waals surface area contributed by atoms with Crippen molar-refractivity contribution >= 4 is 15.8 Å². The SMILES string of the molecule is CCOC(=O)c1cccc(S(=O)(=O)CN=N)c1. The van der Waals surface area contributed by atoms with E-state index in [1.165, 1.54) is 24.3 Å². The lowest BCUT2D eigenvalue weighted by atomic mass is 10.2. The molecule has 92 valence electrons. The first-order valence-electron chi connectivity index (χ1n) is 4.84. The lowest BCUT2D eigenvalue weighted by Crippen LogP contribution is -2.08. The van der Waals surface area contributed by atoms with Crippen molar-refractivity contribution in [3.05, 3.63) is 29.8 Å². The zero-order chi connectivity index (χ0) is 12.9. The minimum atomic E-state index is -3.64. The summed E-state index contributed by atoms with van der Waals surface area (Å²) < 4.78 is 28.0. The fraction of sp³-hybridized carbons (Fsp3) is 0.300. The standard InChI is InChI=1S/C10H12N2O4S/c1-2-16-10(13)8-4-3-5-9(6-8)17(14,15)7-12-11/h3-6,11H,2,7H2,1H3. The van der Waals surface area contributed by atoms with Crippen LogP contribution in [0.5, 0.6) is 0 Å². The zero-order valence-corrected chi connectivity index (χ0v) is 10.0. The van der Waals surface area contributed by atoms with Gasteiger partial charge in [-0.3, -0.25) is 0 Å². The third kappa shape index (κ3) is 3.35. The molecule has 0 spiro atoms. The molecule has 0 bridgehead atoms. The van der Waals surface area contributed by atoms with Crippen molar-refractivity contribution in [2.24, 2.45) is 5.11 Å². The van der Waals surface area contributed by atoms with E-state index in [2.05, 4.69) is 5.11 Å². The minimum absolute atomic E-state index is 0.0425. The van der Waals surface area contributed by atoms with Crippen LogP contribution in [-0.2, 0) is 14.6 Å². The normalized spacial score (nSPS) is 10.9. The Morgan fingerprint density at radius 1 is 1.47 bits per heavy atom. The predicted molar refractivity (Wildman–Crippen MR) is 59.6 cm³/mol. The molecule has 6 nitrogen and oxygen atoms in total. The third-order valence-electron chi connectivity index (χ3n) is 1.94. The van der Waals surface area contributed by atoms with Crippen LogP contribution in [0.25, 0.3) is 0 Å². The fourth-order valence-electron chi connectivity index (χ4n) is 1.19. The summed E-state index contributed by atoms with van der Waals surface area (Å²) in [7, 11) is -3.64. The van der Waals surface area contributed by atoms with Gasteiger partial charge in [0.2, 0.25) is 0 Å². The first-order chi connectivity index (χ1) is 8.01. The number of ether oxygens (including phenoxy) is 1. The predicted octanol–water partition coefficient (Wildman–Crippen LogP) is 1.63. The Kier molecular flexibility index (Phi) is 4.33. The molecule has 0 aromatic heterocycles. The van der Waals surface area contributed by atoms with Gasteiger partial charge in [0.05, 0.1) is 17.1 Å². The van der Waals surface area contributed by atoms with Gasteiger partial charge in [0.1, 0.15) is 0 Å². The Morgan fingerprint density at radius 2 is 2.18 bits per heavy atom. The number of nitrogens with zero attached hydrogens (tertiary/aromatic N) is 1. The summed E-state index contributed by atoms with van der Waals surface area (Å²) in [5.74, 6) is -1.20. The number of hydrogen-bond donors (Lipinski definition) is 1. The molecule has 1 aromatic carbocycles. The van der Waals surface area contributed by atoms with Crippen molar-refractivity contribution in [3.8, 4) is 0 Å². The zero-order valence-electron chi connectivity index (χ0n) is 9.21. The molecular formula is C10H12N2O4S. The molecule has 7 heteroatoms. The number of nitrogens with one attached hydrogen (secondary N) is 1. The molecule has 0 atom stereocenters. The molecule has 0 saturated carbocycles. The fourth-order valence-corrected chi connectivity index (χ4v) is 2.10. The highest BCUT2D eigenvalue weighted by atomic mass is 32.2. The number of benzene rings is 1. The van der Waals surface area contributed by atoms with Crippen LogP contribution in [0.15, 0.2) is 34.3 Å². The molecule has 0 aliphatic rings. The molecule has 0 amide bonds. The van der Waals surface area contributed by atoms with E-state index in [9.17, 15) is 13.2 Å². The van der Waals surface area contributed by atoms with Gasteiger partial charge in [-0.15, -0.1) is 0 Å². The molecule has 0 heterocycles. The van der Waals surface area contributed by atoms with E-state index in [4.69, 9.17) is 10.3 Å². The second-order valence-electron chi connectivity index (χ2n) is 3.15. The average molecular weight is 256 g/mol. The van der Waals surface area contributed by atoms with E-state index in [0.29, 0.717) is 0 Å². The van der Waals surface area contributed by atoms with Gasteiger partial charge in [0.15, 0.2) is 15.7 Å². The Bertz CT molecular complexity index is 525. The van der Waals surface area contributed by atoms with Crippen LogP contribution in [0.1, 0.15) is 17.3 Å². The first-order valence-corrected chi connectivity index (χ1v) is 6.49. The van der Waals surface area contributed by atoms with Gasteiger partial charge in [-0.05, 0) is 25.1 Å². The monoisotopic (exact) mass is 256 g/mol. The van der Waals surface area contributed by atoms with Crippen LogP contribution in [-0.4, -0.2) is 26.9 Å². The Hall–Kier alpha value is -1.76. The quantitative estimate of drug-likeness (QED) is 0.639. The average Bonchev–Trinajstić information content (AvgIpc) is 2.29. The molecule has 1 rings (SSSR count). The highest BCUT2D eigenvalue weighted by Crippen LogP contribution is 2.14. The largest absolute Gasteiger partial charge is 0.462 e.